The number of halogens is 1. The fourth-order valence-corrected chi connectivity index (χ4v) is 3.07. The van der Waals surface area contributed by atoms with E-state index < -0.39 is 22.9 Å². The van der Waals surface area contributed by atoms with Gasteiger partial charge in [-0.15, -0.1) is 0 Å². The zero-order valence-electron chi connectivity index (χ0n) is 11.7. The molecule has 1 atom stereocenters. The van der Waals surface area contributed by atoms with Gasteiger partial charge in [-0.2, -0.15) is 0 Å². The molecule has 0 saturated carbocycles. The predicted octanol–water partition coefficient (Wildman–Crippen LogP) is 0.724. The van der Waals surface area contributed by atoms with E-state index in [2.05, 4.69) is 10.0 Å². The van der Waals surface area contributed by atoms with E-state index in [4.69, 9.17) is 0 Å². The summed E-state index contributed by atoms with van der Waals surface area (Å²) in [5.74, 6) is -1.51. The Morgan fingerprint density at radius 1 is 1.33 bits per heavy atom. The molecule has 1 aromatic carbocycles. The summed E-state index contributed by atoms with van der Waals surface area (Å²) < 4.78 is 28.1. The van der Waals surface area contributed by atoms with E-state index in [1.807, 2.05) is 0 Å². The maximum absolute atomic E-state index is 13.6. The second kappa shape index (κ2) is 6.86. The fourth-order valence-electron chi connectivity index (χ4n) is 2.12. The van der Waals surface area contributed by atoms with Gasteiger partial charge >= 0.3 is 0 Å². The Morgan fingerprint density at radius 2 is 2.00 bits per heavy atom. The summed E-state index contributed by atoms with van der Waals surface area (Å²) in [7, 11) is 0. The lowest BCUT2D eigenvalue weighted by molar-refractivity contribution is -0.117. The average Bonchev–Trinajstić information content (AvgIpc) is 3.02. The van der Waals surface area contributed by atoms with E-state index in [1.165, 1.54) is 38.1 Å². The third-order valence-electron chi connectivity index (χ3n) is 3.08. The van der Waals surface area contributed by atoms with Gasteiger partial charge in [0.15, 0.2) is 5.82 Å². The Hall–Kier alpha value is -1.67. The maximum Gasteiger partial charge on any atom is 0.253 e. The van der Waals surface area contributed by atoms with Gasteiger partial charge in [0.2, 0.25) is 11.2 Å². The van der Waals surface area contributed by atoms with Crippen LogP contribution < -0.4 is 14.3 Å². The van der Waals surface area contributed by atoms with Crippen LogP contribution in [0.2, 0.25) is 0 Å². The van der Waals surface area contributed by atoms with Crippen molar-refractivity contribution in [2.75, 3.05) is 23.9 Å². The first-order chi connectivity index (χ1) is 9.99. The Labute approximate surface area is 125 Å². The molecule has 2 aliphatic heterocycles. The average molecular weight is 315 g/mol. The first kappa shape index (κ1) is 15.7. The molecular formula is C13H18FN3O3S. The summed E-state index contributed by atoms with van der Waals surface area (Å²) in [6.45, 7) is 3.89. The van der Waals surface area contributed by atoms with Crippen LogP contribution in [-0.2, 0) is 16.0 Å². The van der Waals surface area contributed by atoms with Gasteiger partial charge in [-0.1, -0.05) is 0 Å². The number of hydrogen-bond donors (Lipinski definition) is 3. The molecule has 6 nitrogen and oxygen atoms in total. The number of aryl methyl sites for hydroxylation is 1. The van der Waals surface area contributed by atoms with Crippen LogP contribution in [-0.4, -0.2) is 34.9 Å². The minimum Gasteiger partial charge on any atom is -0.506 e. The lowest BCUT2D eigenvalue weighted by atomic mass is 10.2. The van der Waals surface area contributed by atoms with Crippen molar-refractivity contribution in [3.8, 4) is 5.75 Å². The first-order valence-electron chi connectivity index (χ1n) is 6.68. The third kappa shape index (κ3) is 3.92. The molecule has 2 saturated heterocycles. The molecule has 2 fully saturated rings. The lowest BCUT2D eigenvalue weighted by Crippen LogP contribution is -2.23. The second-order valence-corrected chi connectivity index (χ2v) is 6.03. The molecule has 116 valence electrons. The van der Waals surface area contributed by atoms with Crippen molar-refractivity contribution in [2.45, 2.75) is 19.8 Å². The number of rotatable bonds is 1. The summed E-state index contributed by atoms with van der Waals surface area (Å²) in [5, 5.41) is 12.8. The Morgan fingerprint density at radius 3 is 2.43 bits per heavy atom. The van der Waals surface area contributed by atoms with Crippen molar-refractivity contribution >= 4 is 22.8 Å². The molecule has 0 aromatic heterocycles. The van der Waals surface area contributed by atoms with E-state index in [0.29, 0.717) is 5.56 Å². The van der Waals surface area contributed by atoms with Crippen LogP contribution in [0.5, 0.6) is 5.75 Å². The van der Waals surface area contributed by atoms with Crippen molar-refractivity contribution in [2.24, 2.45) is 0 Å². The second-order valence-electron chi connectivity index (χ2n) is 4.88. The van der Waals surface area contributed by atoms with Crippen molar-refractivity contribution < 1.29 is 18.5 Å². The highest BCUT2D eigenvalue weighted by Gasteiger charge is 2.31. The highest BCUT2D eigenvalue weighted by molar-refractivity contribution is 7.85. The zero-order valence-corrected chi connectivity index (χ0v) is 12.5. The number of hydrogen-bond acceptors (Lipinski definition) is 4. The molecule has 0 aliphatic carbocycles. The number of nitrogens with zero attached hydrogens (tertiary/aromatic N) is 1. The van der Waals surface area contributed by atoms with Gasteiger partial charge in [0, 0.05) is 0 Å². The number of nitrogens with one attached hydrogen (secondary N) is 2. The van der Waals surface area contributed by atoms with Gasteiger partial charge in [0.05, 0.1) is 0 Å². The Bertz CT molecular complexity index is 533. The number of aromatic hydroxyl groups is 1. The molecule has 3 N–H and O–H groups in total. The van der Waals surface area contributed by atoms with Crippen LogP contribution in [0.15, 0.2) is 12.1 Å². The summed E-state index contributed by atoms with van der Waals surface area (Å²) >= 11 is -1.84. The van der Waals surface area contributed by atoms with Crippen LogP contribution in [0, 0.1) is 12.7 Å². The van der Waals surface area contributed by atoms with Crippen LogP contribution >= 0.6 is 0 Å². The van der Waals surface area contributed by atoms with Crippen LogP contribution in [0.3, 0.4) is 0 Å². The standard InChI is InChI=1S/C9H9FN2O3S.C4H9N/c1-5-2-6(10)9(7(13)3-5)12-4-8(14)11-16(12)15;1-2-4-5-3-1/h2-3,13H,4H2,1H3,(H,11,14);5H,1-4H2. The van der Waals surface area contributed by atoms with Crippen molar-refractivity contribution in [1.29, 1.82) is 0 Å². The molecule has 21 heavy (non-hydrogen) atoms. The fraction of sp³-hybridized carbons (Fsp3) is 0.462. The number of anilines is 1. The van der Waals surface area contributed by atoms with E-state index >= 15 is 0 Å². The summed E-state index contributed by atoms with van der Waals surface area (Å²) in [5.41, 5.74) is 0.324. The number of benzene rings is 1. The minimum atomic E-state index is -1.84. The van der Waals surface area contributed by atoms with E-state index in [0.717, 1.165) is 4.31 Å². The normalized spacial score (nSPS) is 21.0. The first-order valence-corrected chi connectivity index (χ1v) is 7.78. The molecule has 0 bridgehead atoms. The largest absolute Gasteiger partial charge is 0.506 e. The topological polar surface area (TPSA) is 81.7 Å². The van der Waals surface area contributed by atoms with E-state index in [1.54, 1.807) is 6.92 Å². The molecule has 3 rings (SSSR count). The van der Waals surface area contributed by atoms with Gasteiger partial charge in [0.1, 0.15) is 18.0 Å². The van der Waals surface area contributed by atoms with E-state index in [-0.39, 0.29) is 18.0 Å². The van der Waals surface area contributed by atoms with Crippen molar-refractivity contribution in [3.63, 3.8) is 0 Å². The molecule has 1 unspecified atom stereocenters. The number of carbonyl (C=O) groups is 1. The molecule has 0 spiro atoms. The number of amides is 1. The summed E-state index contributed by atoms with van der Waals surface area (Å²) in [6.07, 6.45) is 2.78. The van der Waals surface area contributed by atoms with Gasteiger partial charge in [-0.3, -0.25) is 13.8 Å². The molecule has 1 aromatic rings. The zero-order chi connectivity index (χ0) is 15.4. The molecule has 0 radical (unpaired) electrons. The van der Waals surface area contributed by atoms with Gasteiger partial charge in [-0.05, 0) is 50.6 Å². The molecule has 2 heterocycles. The van der Waals surface area contributed by atoms with E-state index in [9.17, 15) is 18.5 Å². The van der Waals surface area contributed by atoms with Gasteiger partial charge in [-0.25, -0.2) is 8.60 Å². The molecule has 1 amide bonds. The van der Waals surface area contributed by atoms with Crippen molar-refractivity contribution in [3.05, 3.63) is 23.5 Å². The number of phenols is 1. The van der Waals surface area contributed by atoms with Crippen LogP contribution in [0.4, 0.5) is 10.1 Å². The Kier molecular flexibility index (Phi) is 5.13. The minimum absolute atomic E-state index is 0.220. The highest BCUT2D eigenvalue weighted by atomic mass is 32.2. The SMILES string of the molecule is C1CCNC1.Cc1cc(O)c(N2CC(=O)NS2=O)c(F)c1. The summed E-state index contributed by atoms with van der Waals surface area (Å²) in [4.78, 5) is 11.0. The lowest BCUT2D eigenvalue weighted by Gasteiger charge is -2.16. The smallest absolute Gasteiger partial charge is 0.253 e. The number of carbonyl (C=O) groups excluding carboxylic acids is 1. The summed E-state index contributed by atoms with van der Waals surface area (Å²) in [6, 6.07) is 2.55. The highest BCUT2D eigenvalue weighted by Crippen LogP contribution is 2.33. The van der Waals surface area contributed by atoms with Gasteiger partial charge < -0.3 is 10.4 Å². The quantitative estimate of drug-likeness (QED) is 0.713. The number of phenolic OH excluding ortho intramolecular Hbond substituents is 1. The van der Waals surface area contributed by atoms with Crippen LogP contribution in [0.1, 0.15) is 18.4 Å². The molecular weight excluding hydrogens is 297 g/mol. The van der Waals surface area contributed by atoms with Gasteiger partial charge in [0.25, 0.3) is 5.91 Å². The molecule has 8 heteroatoms. The van der Waals surface area contributed by atoms with Crippen LogP contribution in [0.25, 0.3) is 0 Å². The Balaban J connectivity index is 0.000000272. The van der Waals surface area contributed by atoms with Crippen molar-refractivity contribution in [1.82, 2.24) is 10.0 Å². The third-order valence-corrected chi connectivity index (χ3v) is 4.20. The maximum atomic E-state index is 13.6. The monoisotopic (exact) mass is 315 g/mol. The molecule has 2 aliphatic rings. The predicted molar refractivity (Wildman–Crippen MR) is 78.5 cm³/mol.